The molecule has 0 atom stereocenters. The zero-order valence-corrected chi connectivity index (χ0v) is 12.6. The molecule has 0 N–H and O–H groups in total. The van der Waals surface area contributed by atoms with Crippen LogP contribution in [0.15, 0.2) is 6.20 Å². The maximum absolute atomic E-state index is 13.0. The van der Waals surface area contributed by atoms with Gasteiger partial charge in [-0.25, -0.2) is 8.78 Å². The summed E-state index contributed by atoms with van der Waals surface area (Å²) in [6.45, 7) is 0. The average Bonchev–Trinajstić information content (AvgIpc) is 2.28. The molecule has 1 aromatic rings. The first-order valence-corrected chi connectivity index (χ1v) is 6.78. The van der Waals surface area contributed by atoms with Gasteiger partial charge in [-0.05, 0) is 28.2 Å². The highest BCUT2D eigenvalue weighted by molar-refractivity contribution is 14.1. The van der Waals surface area contributed by atoms with E-state index in [1.807, 2.05) is 22.6 Å². The van der Waals surface area contributed by atoms with E-state index in [4.69, 9.17) is 0 Å². The molecule has 0 unspecified atom stereocenters. The number of rotatable bonds is 4. The molecule has 17 heavy (non-hydrogen) atoms. The number of nitrogens with zero attached hydrogens (tertiary/aromatic N) is 1. The largest absolute Gasteiger partial charge is 0.469 e. The first-order chi connectivity index (χ1) is 8.01. The Hall–Kier alpha value is -0.310. The van der Waals surface area contributed by atoms with E-state index < -0.39 is 12.4 Å². The van der Waals surface area contributed by atoms with E-state index in [1.54, 1.807) is 0 Å². The van der Waals surface area contributed by atoms with Crippen molar-refractivity contribution in [1.29, 1.82) is 0 Å². The highest BCUT2D eigenvalue weighted by Gasteiger charge is 2.21. The number of hydrogen-bond acceptors (Lipinski definition) is 3. The van der Waals surface area contributed by atoms with E-state index in [0.717, 1.165) is 0 Å². The number of carbonyl (C=O) groups is 1. The molecule has 0 aliphatic rings. The summed E-state index contributed by atoms with van der Waals surface area (Å²) in [5, 5.41) is 0.392. The third-order valence-corrected chi connectivity index (χ3v) is 3.85. The Morgan fingerprint density at radius 1 is 1.65 bits per heavy atom. The predicted molar refractivity (Wildman–Crippen MR) is 70.3 cm³/mol. The fourth-order valence-corrected chi connectivity index (χ4v) is 3.14. The topological polar surface area (TPSA) is 39.2 Å². The highest BCUT2D eigenvalue weighted by atomic mass is 127. The van der Waals surface area contributed by atoms with Crippen molar-refractivity contribution in [3.8, 4) is 0 Å². The molecule has 1 heterocycles. The van der Waals surface area contributed by atoms with E-state index in [2.05, 4.69) is 25.7 Å². The predicted octanol–water partition coefficient (Wildman–Crippen LogP) is 3.23. The molecule has 0 bridgehead atoms. The molecule has 0 saturated heterocycles. The Bertz CT molecular complexity index is 429. The molecule has 94 valence electrons. The summed E-state index contributed by atoms with van der Waals surface area (Å²) in [5.74, 6) is -0.559. The van der Waals surface area contributed by atoms with Gasteiger partial charge in [0, 0.05) is 20.7 Å². The standard InChI is InChI=1S/C10H9BrF2INO2/c1-17-7(16)2-5-4-15-6(3-11)9(14)8(5)10(12)13/h4,10H,2-3H2,1H3. The fourth-order valence-electron chi connectivity index (χ4n) is 1.28. The first-order valence-electron chi connectivity index (χ1n) is 4.58. The van der Waals surface area contributed by atoms with Gasteiger partial charge < -0.3 is 4.74 Å². The number of halogens is 4. The molecule has 0 spiro atoms. The highest BCUT2D eigenvalue weighted by Crippen LogP contribution is 2.30. The van der Waals surface area contributed by atoms with Gasteiger partial charge >= 0.3 is 5.97 Å². The Morgan fingerprint density at radius 2 is 2.29 bits per heavy atom. The van der Waals surface area contributed by atoms with Gasteiger partial charge in [-0.15, -0.1) is 0 Å². The van der Waals surface area contributed by atoms with Crippen molar-refractivity contribution < 1.29 is 18.3 Å². The monoisotopic (exact) mass is 419 g/mol. The molecule has 3 nitrogen and oxygen atoms in total. The third-order valence-electron chi connectivity index (χ3n) is 2.12. The van der Waals surface area contributed by atoms with E-state index in [9.17, 15) is 13.6 Å². The second-order valence-corrected chi connectivity index (χ2v) is 4.78. The summed E-state index contributed by atoms with van der Waals surface area (Å²) in [7, 11) is 1.22. The molecule has 7 heteroatoms. The molecule has 0 saturated carbocycles. The van der Waals surface area contributed by atoms with Crippen molar-refractivity contribution in [3.05, 3.63) is 26.6 Å². The van der Waals surface area contributed by atoms with Crippen LogP contribution in [0.25, 0.3) is 0 Å². The summed E-state index contributed by atoms with van der Waals surface area (Å²) in [6.07, 6.45) is -1.53. The van der Waals surface area contributed by atoms with Crippen LogP contribution in [0.1, 0.15) is 23.2 Å². The summed E-state index contributed by atoms with van der Waals surface area (Å²) in [6, 6.07) is 0. The third kappa shape index (κ3) is 3.57. The zero-order chi connectivity index (χ0) is 13.0. The van der Waals surface area contributed by atoms with Crippen LogP contribution in [-0.4, -0.2) is 18.1 Å². The van der Waals surface area contributed by atoms with Crippen molar-refractivity contribution in [1.82, 2.24) is 4.98 Å². The average molecular weight is 420 g/mol. The van der Waals surface area contributed by atoms with Crippen LogP contribution in [-0.2, 0) is 21.3 Å². The first kappa shape index (κ1) is 14.7. The van der Waals surface area contributed by atoms with Gasteiger partial charge in [0.1, 0.15) is 0 Å². The smallest absolute Gasteiger partial charge is 0.310 e. The Balaban J connectivity index is 3.21. The van der Waals surface area contributed by atoms with E-state index in [0.29, 0.717) is 14.6 Å². The van der Waals surface area contributed by atoms with Crippen LogP contribution in [0.4, 0.5) is 8.78 Å². The minimum Gasteiger partial charge on any atom is -0.469 e. The lowest BCUT2D eigenvalue weighted by molar-refractivity contribution is -0.139. The van der Waals surface area contributed by atoms with Crippen LogP contribution in [0, 0.1) is 3.57 Å². The molecular weight excluding hydrogens is 411 g/mol. The van der Waals surface area contributed by atoms with E-state index in [1.165, 1.54) is 13.3 Å². The Morgan fingerprint density at radius 3 is 2.76 bits per heavy atom. The molecule has 0 fully saturated rings. The van der Waals surface area contributed by atoms with Crippen molar-refractivity contribution in [2.45, 2.75) is 18.2 Å². The number of carbonyl (C=O) groups excluding carboxylic acids is 1. The SMILES string of the molecule is COC(=O)Cc1cnc(CBr)c(I)c1C(F)F. The number of alkyl halides is 3. The second-order valence-electron chi connectivity index (χ2n) is 3.15. The minimum absolute atomic E-state index is 0.138. The van der Waals surface area contributed by atoms with Crippen LogP contribution in [0.3, 0.4) is 0 Å². The van der Waals surface area contributed by atoms with Gasteiger partial charge in [-0.3, -0.25) is 9.78 Å². The molecule has 1 rings (SSSR count). The van der Waals surface area contributed by atoms with Gasteiger partial charge in [-0.1, -0.05) is 15.9 Å². The molecule has 1 aromatic heterocycles. The number of aromatic nitrogens is 1. The number of ether oxygens (including phenoxy) is 1. The van der Waals surface area contributed by atoms with Crippen LogP contribution >= 0.6 is 38.5 Å². The van der Waals surface area contributed by atoms with Crippen molar-refractivity contribution in [3.63, 3.8) is 0 Å². The van der Waals surface area contributed by atoms with Crippen molar-refractivity contribution in [2.24, 2.45) is 0 Å². The van der Waals surface area contributed by atoms with Crippen LogP contribution < -0.4 is 0 Å². The van der Waals surface area contributed by atoms with Crippen LogP contribution in [0.5, 0.6) is 0 Å². The summed E-state index contributed by atoms with van der Waals surface area (Å²) >= 11 is 4.99. The fraction of sp³-hybridized carbons (Fsp3) is 0.400. The minimum atomic E-state index is -2.64. The van der Waals surface area contributed by atoms with Gasteiger partial charge in [0.25, 0.3) is 6.43 Å². The normalized spacial score (nSPS) is 10.7. The lowest BCUT2D eigenvalue weighted by Gasteiger charge is -2.12. The van der Waals surface area contributed by atoms with Crippen LogP contribution in [0.2, 0.25) is 0 Å². The summed E-state index contributed by atoms with van der Waals surface area (Å²) in [4.78, 5) is 15.1. The Labute approximate surface area is 119 Å². The maximum atomic E-state index is 13.0. The maximum Gasteiger partial charge on any atom is 0.310 e. The molecule has 0 radical (unpaired) electrons. The van der Waals surface area contributed by atoms with E-state index >= 15 is 0 Å². The van der Waals surface area contributed by atoms with Gasteiger partial charge in [0.2, 0.25) is 0 Å². The number of pyridine rings is 1. The number of esters is 1. The molecule has 0 aliphatic carbocycles. The molecule has 0 amide bonds. The molecule has 0 aliphatic heterocycles. The Kier molecular flexibility index (Phi) is 5.71. The lowest BCUT2D eigenvalue weighted by atomic mass is 10.1. The lowest BCUT2D eigenvalue weighted by Crippen LogP contribution is -2.10. The summed E-state index contributed by atoms with van der Waals surface area (Å²) in [5.41, 5.74) is 0.607. The zero-order valence-electron chi connectivity index (χ0n) is 8.84. The number of hydrogen-bond donors (Lipinski definition) is 0. The van der Waals surface area contributed by atoms with Gasteiger partial charge in [0.15, 0.2) is 0 Å². The molecule has 0 aromatic carbocycles. The quantitative estimate of drug-likeness (QED) is 0.427. The van der Waals surface area contributed by atoms with Crippen molar-refractivity contribution >= 4 is 44.5 Å². The van der Waals surface area contributed by atoms with Gasteiger partial charge in [0.05, 0.1) is 19.2 Å². The summed E-state index contributed by atoms with van der Waals surface area (Å²) < 4.78 is 30.8. The van der Waals surface area contributed by atoms with Gasteiger partial charge in [-0.2, -0.15) is 0 Å². The van der Waals surface area contributed by atoms with E-state index in [-0.39, 0.29) is 17.5 Å². The second kappa shape index (κ2) is 6.58. The van der Waals surface area contributed by atoms with Crippen molar-refractivity contribution in [2.75, 3.05) is 7.11 Å². The number of methoxy groups -OCH3 is 1. The molecular formula is C10H9BrF2INO2.